The van der Waals surface area contributed by atoms with Crippen LogP contribution in [0.15, 0.2) is 18.2 Å². The van der Waals surface area contributed by atoms with Gasteiger partial charge in [-0.25, -0.2) is 0 Å². The molecule has 4 nitrogen and oxygen atoms in total. The molecule has 0 aliphatic carbocycles. The van der Waals surface area contributed by atoms with E-state index < -0.39 is 0 Å². The first kappa shape index (κ1) is 12.6. The van der Waals surface area contributed by atoms with E-state index in [1.54, 1.807) is 0 Å². The van der Waals surface area contributed by atoms with Crippen LogP contribution in [0.2, 0.25) is 0 Å². The maximum absolute atomic E-state index is 5.97. The highest BCUT2D eigenvalue weighted by Crippen LogP contribution is 2.41. The Labute approximate surface area is 114 Å². The molecule has 0 saturated carbocycles. The molecule has 0 aromatic heterocycles. The lowest BCUT2D eigenvalue weighted by Gasteiger charge is -2.36. The molecule has 0 spiro atoms. The van der Waals surface area contributed by atoms with Crippen LogP contribution in [0.4, 0.5) is 5.69 Å². The summed E-state index contributed by atoms with van der Waals surface area (Å²) >= 11 is 0. The number of anilines is 1. The van der Waals surface area contributed by atoms with Gasteiger partial charge in [-0.1, -0.05) is 13.0 Å². The SMILES string of the molecule is CCC1COc2c(cccc2N2CCNC(C)C2)O1. The lowest BCUT2D eigenvalue weighted by molar-refractivity contribution is 0.0888. The molecule has 2 aliphatic heterocycles. The standard InChI is InChI=1S/C15H22N2O2/c1-3-12-10-18-15-13(5-4-6-14(15)19-12)17-8-7-16-11(2)9-17/h4-6,11-12,16H,3,7-10H2,1-2H3. The van der Waals surface area contributed by atoms with Crippen LogP contribution in [0.1, 0.15) is 20.3 Å². The van der Waals surface area contributed by atoms with Gasteiger partial charge in [0.25, 0.3) is 0 Å². The Bertz CT molecular complexity index is 450. The van der Waals surface area contributed by atoms with Crippen molar-refractivity contribution in [2.24, 2.45) is 0 Å². The average molecular weight is 262 g/mol. The maximum atomic E-state index is 5.97. The minimum atomic E-state index is 0.185. The number of para-hydroxylation sites is 1. The van der Waals surface area contributed by atoms with Crippen LogP contribution < -0.4 is 19.7 Å². The number of benzene rings is 1. The van der Waals surface area contributed by atoms with Crippen molar-refractivity contribution < 1.29 is 9.47 Å². The number of ether oxygens (including phenoxy) is 2. The second-order valence-electron chi connectivity index (χ2n) is 5.36. The number of rotatable bonds is 2. The van der Waals surface area contributed by atoms with Gasteiger partial charge in [-0.2, -0.15) is 0 Å². The molecule has 1 aromatic carbocycles. The summed E-state index contributed by atoms with van der Waals surface area (Å²) in [6.07, 6.45) is 1.17. The van der Waals surface area contributed by atoms with Gasteiger partial charge in [-0.15, -0.1) is 0 Å². The van der Waals surface area contributed by atoms with E-state index in [2.05, 4.69) is 36.2 Å². The Morgan fingerprint density at radius 2 is 2.32 bits per heavy atom. The van der Waals surface area contributed by atoms with Gasteiger partial charge in [-0.05, 0) is 25.5 Å². The highest BCUT2D eigenvalue weighted by molar-refractivity contribution is 5.65. The number of hydrogen-bond acceptors (Lipinski definition) is 4. The molecule has 2 atom stereocenters. The quantitative estimate of drug-likeness (QED) is 0.884. The van der Waals surface area contributed by atoms with Crippen molar-refractivity contribution in [1.29, 1.82) is 0 Å². The Morgan fingerprint density at radius 1 is 1.42 bits per heavy atom. The Balaban J connectivity index is 1.86. The summed E-state index contributed by atoms with van der Waals surface area (Å²) < 4.78 is 11.9. The molecule has 2 aliphatic rings. The molecule has 1 fully saturated rings. The minimum absolute atomic E-state index is 0.185. The second-order valence-corrected chi connectivity index (χ2v) is 5.36. The number of nitrogens with zero attached hydrogens (tertiary/aromatic N) is 1. The zero-order valence-electron chi connectivity index (χ0n) is 11.7. The molecular weight excluding hydrogens is 240 g/mol. The van der Waals surface area contributed by atoms with Crippen molar-refractivity contribution in [3.05, 3.63) is 18.2 Å². The largest absolute Gasteiger partial charge is 0.484 e. The van der Waals surface area contributed by atoms with Crippen LogP contribution in [0.25, 0.3) is 0 Å². The summed E-state index contributed by atoms with van der Waals surface area (Å²) in [7, 11) is 0. The molecule has 2 heterocycles. The number of piperazine rings is 1. The minimum Gasteiger partial charge on any atom is -0.484 e. The fraction of sp³-hybridized carbons (Fsp3) is 0.600. The van der Waals surface area contributed by atoms with E-state index >= 15 is 0 Å². The van der Waals surface area contributed by atoms with Crippen molar-refractivity contribution in [2.75, 3.05) is 31.1 Å². The smallest absolute Gasteiger partial charge is 0.184 e. The fourth-order valence-corrected chi connectivity index (χ4v) is 2.73. The highest BCUT2D eigenvalue weighted by atomic mass is 16.6. The molecule has 1 aromatic rings. The topological polar surface area (TPSA) is 33.7 Å². The summed E-state index contributed by atoms with van der Waals surface area (Å²) in [6, 6.07) is 6.71. The first-order chi connectivity index (χ1) is 9.28. The van der Waals surface area contributed by atoms with Gasteiger partial charge in [0, 0.05) is 25.7 Å². The number of nitrogens with one attached hydrogen (secondary N) is 1. The second kappa shape index (κ2) is 5.29. The molecular formula is C15H22N2O2. The van der Waals surface area contributed by atoms with Crippen LogP contribution in [0.5, 0.6) is 11.5 Å². The number of hydrogen-bond donors (Lipinski definition) is 1. The summed E-state index contributed by atoms with van der Waals surface area (Å²) in [5.41, 5.74) is 1.17. The van der Waals surface area contributed by atoms with Crippen molar-refractivity contribution in [3.63, 3.8) is 0 Å². The van der Waals surface area contributed by atoms with Gasteiger partial charge < -0.3 is 19.7 Å². The Morgan fingerprint density at radius 3 is 3.11 bits per heavy atom. The Kier molecular flexibility index (Phi) is 3.51. The van der Waals surface area contributed by atoms with E-state index in [0.717, 1.165) is 37.6 Å². The molecule has 2 unspecified atom stereocenters. The van der Waals surface area contributed by atoms with E-state index in [1.165, 1.54) is 5.69 Å². The highest BCUT2D eigenvalue weighted by Gasteiger charge is 2.26. The predicted molar refractivity (Wildman–Crippen MR) is 76.3 cm³/mol. The van der Waals surface area contributed by atoms with Crippen molar-refractivity contribution >= 4 is 5.69 Å². The summed E-state index contributed by atoms with van der Waals surface area (Å²) in [6.45, 7) is 8.04. The molecule has 3 rings (SSSR count). The van der Waals surface area contributed by atoms with E-state index in [0.29, 0.717) is 12.6 Å². The lowest BCUT2D eigenvalue weighted by atomic mass is 10.1. The summed E-state index contributed by atoms with van der Waals surface area (Å²) in [4.78, 5) is 2.38. The van der Waals surface area contributed by atoms with E-state index in [4.69, 9.17) is 9.47 Å². The van der Waals surface area contributed by atoms with Gasteiger partial charge in [0.2, 0.25) is 0 Å². The van der Waals surface area contributed by atoms with Crippen molar-refractivity contribution in [3.8, 4) is 11.5 Å². The van der Waals surface area contributed by atoms with Gasteiger partial charge >= 0.3 is 0 Å². The molecule has 19 heavy (non-hydrogen) atoms. The molecule has 1 saturated heterocycles. The fourth-order valence-electron chi connectivity index (χ4n) is 2.73. The third-order valence-corrected chi connectivity index (χ3v) is 3.83. The average Bonchev–Trinajstić information content (AvgIpc) is 2.46. The summed E-state index contributed by atoms with van der Waals surface area (Å²) in [5.74, 6) is 1.81. The first-order valence-corrected chi connectivity index (χ1v) is 7.18. The predicted octanol–water partition coefficient (Wildman–Crippen LogP) is 2.03. The molecule has 0 amide bonds. The van der Waals surface area contributed by atoms with Crippen LogP contribution in [0, 0.1) is 0 Å². The third-order valence-electron chi connectivity index (χ3n) is 3.83. The molecule has 4 heteroatoms. The van der Waals surface area contributed by atoms with Crippen LogP contribution in [-0.4, -0.2) is 38.4 Å². The van der Waals surface area contributed by atoms with Crippen molar-refractivity contribution in [2.45, 2.75) is 32.4 Å². The van der Waals surface area contributed by atoms with E-state index in [1.807, 2.05) is 6.07 Å². The summed E-state index contributed by atoms with van der Waals surface area (Å²) in [5, 5.41) is 3.46. The van der Waals surface area contributed by atoms with Gasteiger partial charge in [0.05, 0.1) is 5.69 Å². The lowest BCUT2D eigenvalue weighted by Crippen LogP contribution is -2.49. The maximum Gasteiger partial charge on any atom is 0.184 e. The first-order valence-electron chi connectivity index (χ1n) is 7.18. The zero-order valence-corrected chi connectivity index (χ0v) is 11.7. The van der Waals surface area contributed by atoms with Gasteiger partial charge in [0.15, 0.2) is 11.5 Å². The zero-order chi connectivity index (χ0) is 13.2. The molecule has 1 N–H and O–H groups in total. The van der Waals surface area contributed by atoms with Crippen LogP contribution in [0.3, 0.4) is 0 Å². The Hall–Kier alpha value is -1.42. The van der Waals surface area contributed by atoms with E-state index in [-0.39, 0.29) is 6.10 Å². The third kappa shape index (κ3) is 2.50. The van der Waals surface area contributed by atoms with Crippen molar-refractivity contribution in [1.82, 2.24) is 5.32 Å². The van der Waals surface area contributed by atoms with Crippen LogP contribution in [-0.2, 0) is 0 Å². The van der Waals surface area contributed by atoms with Gasteiger partial charge in [0.1, 0.15) is 12.7 Å². The monoisotopic (exact) mass is 262 g/mol. The number of fused-ring (bicyclic) bond motifs is 1. The molecule has 104 valence electrons. The van der Waals surface area contributed by atoms with Gasteiger partial charge in [-0.3, -0.25) is 0 Å². The molecule has 0 radical (unpaired) electrons. The normalized spacial score (nSPS) is 26.3. The molecule has 0 bridgehead atoms. The van der Waals surface area contributed by atoms with Crippen LogP contribution >= 0.6 is 0 Å². The van der Waals surface area contributed by atoms with E-state index in [9.17, 15) is 0 Å².